The van der Waals surface area contributed by atoms with E-state index in [9.17, 15) is 14.0 Å². The summed E-state index contributed by atoms with van der Waals surface area (Å²) in [5, 5.41) is 6.12. The number of halogens is 2. The largest absolute Gasteiger partial charge is 0.381 e. The van der Waals surface area contributed by atoms with Crippen LogP contribution in [0.15, 0.2) is 18.2 Å². The molecule has 1 aromatic carbocycles. The highest BCUT2D eigenvalue weighted by atomic mass is 35.5. The Bertz CT molecular complexity index is 734. The second-order valence-electron chi connectivity index (χ2n) is 9.08. The molecule has 3 atom stereocenters. The van der Waals surface area contributed by atoms with Crippen LogP contribution in [0.1, 0.15) is 31.1 Å². The molecule has 0 aromatic heterocycles. The van der Waals surface area contributed by atoms with Gasteiger partial charge in [-0.2, -0.15) is 0 Å². The van der Waals surface area contributed by atoms with Crippen molar-refractivity contribution < 1.29 is 18.7 Å². The third-order valence-electron chi connectivity index (χ3n) is 5.36. The molecule has 2 heterocycles. The Hall–Kier alpha value is -1.70. The average molecular weight is 426 g/mol. The zero-order valence-corrected chi connectivity index (χ0v) is 17.9. The number of fused-ring (bicyclic) bond motifs is 2. The first-order valence-electron chi connectivity index (χ1n) is 9.96. The fourth-order valence-electron chi connectivity index (χ4n) is 4.24. The highest BCUT2D eigenvalue weighted by Gasteiger charge is 2.40. The molecule has 160 valence electrons. The summed E-state index contributed by atoms with van der Waals surface area (Å²) in [5.74, 6) is -0.111. The maximum absolute atomic E-state index is 13.5. The minimum absolute atomic E-state index is 0.0197. The van der Waals surface area contributed by atoms with E-state index in [-0.39, 0.29) is 45.7 Å². The first-order chi connectivity index (χ1) is 13.6. The van der Waals surface area contributed by atoms with Gasteiger partial charge in [-0.1, -0.05) is 11.6 Å². The Morgan fingerprint density at radius 1 is 1.21 bits per heavy atom. The van der Waals surface area contributed by atoms with E-state index in [4.69, 9.17) is 16.3 Å². The van der Waals surface area contributed by atoms with Crippen LogP contribution in [-0.2, 0) is 9.53 Å². The maximum Gasteiger partial charge on any atom is 0.251 e. The van der Waals surface area contributed by atoms with E-state index in [1.807, 2.05) is 20.8 Å². The summed E-state index contributed by atoms with van der Waals surface area (Å²) in [5.41, 5.74) is -0.0360. The number of carbonyl (C=O) groups excluding carboxylic acids is 2. The molecule has 0 spiro atoms. The number of likely N-dealkylation sites (tertiary alicyclic amines) is 1. The number of hydrogen-bond acceptors (Lipinski definition) is 4. The fraction of sp³-hybridized carbons (Fsp3) is 0.619. The molecular weight excluding hydrogens is 397 g/mol. The van der Waals surface area contributed by atoms with Crippen LogP contribution in [0.4, 0.5) is 4.39 Å². The molecule has 2 amide bonds. The Morgan fingerprint density at radius 2 is 1.86 bits per heavy atom. The van der Waals surface area contributed by atoms with Crippen molar-refractivity contribution in [2.24, 2.45) is 17.8 Å². The molecule has 2 bridgehead atoms. The van der Waals surface area contributed by atoms with E-state index in [0.29, 0.717) is 26.3 Å². The number of hydrogen-bond donors (Lipinski definition) is 2. The number of ether oxygens (including phenoxy) is 1. The minimum Gasteiger partial charge on any atom is -0.381 e. The standard InChI is InChI=1S/C21H29ClFN3O3/c1-21(2,3)25-19(27)10-26-8-14-11-29-12-15(9-26)18(14)7-24-20(28)13-4-16(22)6-17(23)5-13/h4-6,14-15,18H,7-12H2,1-3H3,(H,24,28)(H,25,27)/t14-,15+,18-. The second-order valence-corrected chi connectivity index (χ2v) is 9.52. The molecular formula is C21H29ClFN3O3. The molecule has 29 heavy (non-hydrogen) atoms. The Labute approximate surface area is 176 Å². The number of amides is 2. The lowest BCUT2D eigenvalue weighted by molar-refractivity contribution is -0.127. The van der Waals surface area contributed by atoms with Crippen LogP contribution in [0.25, 0.3) is 0 Å². The molecule has 2 aliphatic rings. The lowest BCUT2D eigenvalue weighted by Crippen LogP contribution is -2.57. The molecule has 3 rings (SSSR count). The van der Waals surface area contributed by atoms with Crippen LogP contribution < -0.4 is 10.6 Å². The van der Waals surface area contributed by atoms with Gasteiger partial charge >= 0.3 is 0 Å². The smallest absolute Gasteiger partial charge is 0.251 e. The van der Waals surface area contributed by atoms with Gasteiger partial charge in [0.2, 0.25) is 5.91 Å². The first-order valence-corrected chi connectivity index (χ1v) is 10.3. The summed E-state index contributed by atoms with van der Waals surface area (Å²) in [7, 11) is 0. The first kappa shape index (κ1) is 22.0. The summed E-state index contributed by atoms with van der Waals surface area (Å²) >= 11 is 5.84. The second kappa shape index (κ2) is 8.98. The lowest BCUT2D eigenvalue weighted by atomic mass is 9.76. The molecule has 2 saturated heterocycles. The molecule has 0 aliphatic carbocycles. The summed E-state index contributed by atoms with van der Waals surface area (Å²) in [4.78, 5) is 26.9. The third-order valence-corrected chi connectivity index (χ3v) is 5.58. The normalized spacial score (nSPS) is 24.8. The van der Waals surface area contributed by atoms with Gasteiger partial charge in [-0.05, 0) is 56.7 Å². The monoisotopic (exact) mass is 425 g/mol. The van der Waals surface area contributed by atoms with E-state index in [1.165, 1.54) is 18.2 Å². The van der Waals surface area contributed by atoms with Gasteiger partial charge in [-0.3, -0.25) is 14.5 Å². The number of benzene rings is 1. The van der Waals surface area contributed by atoms with Crippen molar-refractivity contribution in [2.75, 3.05) is 39.4 Å². The number of carbonyl (C=O) groups is 2. The van der Waals surface area contributed by atoms with E-state index in [1.54, 1.807) is 0 Å². The van der Waals surface area contributed by atoms with Crippen molar-refractivity contribution in [1.82, 2.24) is 15.5 Å². The summed E-state index contributed by atoms with van der Waals surface area (Å²) in [6.45, 7) is 9.48. The number of piperidine rings is 1. The van der Waals surface area contributed by atoms with Gasteiger partial charge in [-0.15, -0.1) is 0 Å². The maximum atomic E-state index is 13.5. The van der Waals surface area contributed by atoms with Crippen molar-refractivity contribution in [2.45, 2.75) is 26.3 Å². The van der Waals surface area contributed by atoms with Crippen molar-refractivity contribution >= 4 is 23.4 Å². The molecule has 6 nitrogen and oxygen atoms in total. The zero-order chi connectivity index (χ0) is 21.2. The van der Waals surface area contributed by atoms with Crippen molar-refractivity contribution in [3.8, 4) is 0 Å². The topological polar surface area (TPSA) is 70.7 Å². The van der Waals surface area contributed by atoms with Gasteiger partial charge in [0, 0.05) is 35.8 Å². The minimum atomic E-state index is -0.533. The molecule has 2 N–H and O–H groups in total. The SMILES string of the molecule is CC(C)(C)NC(=O)CN1C[C@H]2COC[C@@H](C1)[C@H]2CNC(=O)c1cc(F)cc(Cl)c1. The number of nitrogens with one attached hydrogen (secondary N) is 2. The van der Waals surface area contributed by atoms with Gasteiger partial charge in [0.1, 0.15) is 5.82 Å². The molecule has 0 unspecified atom stereocenters. The Morgan fingerprint density at radius 3 is 2.45 bits per heavy atom. The summed E-state index contributed by atoms with van der Waals surface area (Å²) < 4.78 is 19.2. The van der Waals surface area contributed by atoms with E-state index >= 15 is 0 Å². The zero-order valence-electron chi connectivity index (χ0n) is 17.1. The van der Waals surface area contributed by atoms with E-state index in [2.05, 4.69) is 15.5 Å². The molecule has 8 heteroatoms. The molecule has 1 aromatic rings. The van der Waals surface area contributed by atoms with E-state index < -0.39 is 5.82 Å². The molecule has 2 fully saturated rings. The Kier molecular flexibility index (Phi) is 6.81. The lowest BCUT2D eigenvalue weighted by Gasteiger charge is -2.47. The quantitative estimate of drug-likeness (QED) is 0.759. The predicted molar refractivity (Wildman–Crippen MR) is 109 cm³/mol. The predicted octanol–water partition coefficient (Wildman–Crippen LogP) is 2.32. The third kappa shape index (κ3) is 6.14. The Balaban J connectivity index is 1.56. The van der Waals surface area contributed by atoms with Crippen LogP contribution in [0, 0.1) is 23.6 Å². The van der Waals surface area contributed by atoms with Gasteiger partial charge in [0.05, 0.1) is 19.8 Å². The van der Waals surface area contributed by atoms with Gasteiger partial charge in [0.25, 0.3) is 5.91 Å². The van der Waals surface area contributed by atoms with Crippen LogP contribution in [-0.4, -0.2) is 61.6 Å². The molecule has 0 radical (unpaired) electrons. The number of rotatable bonds is 5. The van der Waals surface area contributed by atoms with E-state index in [0.717, 1.165) is 13.1 Å². The average Bonchev–Trinajstić information content (AvgIpc) is 2.56. The number of nitrogens with zero attached hydrogens (tertiary/aromatic N) is 1. The highest BCUT2D eigenvalue weighted by Crippen LogP contribution is 2.33. The highest BCUT2D eigenvalue weighted by molar-refractivity contribution is 6.31. The van der Waals surface area contributed by atoms with Crippen LogP contribution in [0.5, 0.6) is 0 Å². The molecule has 0 saturated carbocycles. The fourth-order valence-corrected chi connectivity index (χ4v) is 4.46. The van der Waals surface area contributed by atoms with Gasteiger partial charge in [-0.25, -0.2) is 4.39 Å². The van der Waals surface area contributed by atoms with Crippen molar-refractivity contribution in [1.29, 1.82) is 0 Å². The summed E-state index contributed by atoms with van der Waals surface area (Å²) in [6.07, 6.45) is 0. The van der Waals surface area contributed by atoms with Crippen molar-refractivity contribution in [3.05, 3.63) is 34.6 Å². The molecule has 2 aliphatic heterocycles. The van der Waals surface area contributed by atoms with Crippen molar-refractivity contribution in [3.63, 3.8) is 0 Å². The van der Waals surface area contributed by atoms with Crippen LogP contribution in [0.2, 0.25) is 5.02 Å². The summed E-state index contributed by atoms with van der Waals surface area (Å²) in [6, 6.07) is 3.81. The van der Waals surface area contributed by atoms with Gasteiger partial charge < -0.3 is 15.4 Å². The van der Waals surface area contributed by atoms with Gasteiger partial charge in [0.15, 0.2) is 0 Å². The van der Waals surface area contributed by atoms with Crippen LogP contribution in [0.3, 0.4) is 0 Å². The van der Waals surface area contributed by atoms with Crippen LogP contribution >= 0.6 is 11.6 Å².